The van der Waals surface area contributed by atoms with Crippen LogP contribution in [0, 0.1) is 6.92 Å². The van der Waals surface area contributed by atoms with Gasteiger partial charge in [0.2, 0.25) is 0 Å². The van der Waals surface area contributed by atoms with E-state index in [0.717, 1.165) is 22.4 Å². The fraction of sp³-hybridized carbons (Fsp3) is 0.130. The molecule has 2 atom stereocenters. The molecule has 0 amide bonds. The summed E-state index contributed by atoms with van der Waals surface area (Å²) in [6.07, 6.45) is 2.01. The van der Waals surface area contributed by atoms with Gasteiger partial charge in [-0.1, -0.05) is 71.8 Å². The molecule has 27 heavy (non-hydrogen) atoms. The summed E-state index contributed by atoms with van der Waals surface area (Å²) in [7, 11) is 0. The Kier molecular flexibility index (Phi) is 4.88. The summed E-state index contributed by atoms with van der Waals surface area (Å²) in [6.45, 7) is 2.08. The van der Waals surface area contributed by atoms with Gasteiger partial charge < -0.3 is 10.4 Å². The highest BCUT2D eigenvalue weighted by Gasteiger charge is 2.25. The average molecular weight is 377 g/mol. The molecule has 0 radical (unpaired) electrons. The molecular formula is C23H21ClN2O. The van der Waals surface area contributed by atoms with E-state index in [-0.39, 0.29) is 18.0 Å². The first-order valence-corrected chi connectivity index (χ1v) is 9.33. The molecule has 0 bridgehead atoms. The number of benzene rings is 3. The van der Waals surface area contributed by atoms with Crippen molar-refractivity contribution in [2.75, 3.05) is 0 Å². The van der Waals surface area contributed by atoms with E-state index < -0.39 is 0 Å². The van der Waals surface area contributed by atoms with Crippen molar-refractivity contribution in [1.82, 2.24) is 10.6 Å². The Labute approximate surface area is 164 Å². The monoisotopic (exact) mass is 376 g/mol. The Morgan fingerprint density at radius 3 is 2.30 bits per heavy atom. The summed E-state index contributed by atoms with van der Waals surface area (Å²) < 4.78 is 0. The second kappa shape index (κ2) is 7.47. The third-order valence-corrected chi connectivity index (χ3v) is 5.07. The van der Waals surface area contributed by atoms with Crippen molar-refractivity contribution in [2.45, 2.75) is 19.1 Å². The first kappa shape index (κ1) is 17.7. The van der Waals surface area contributed by atoms with Gasteiger partial charge in [-0.3, -0.25) is 5.32 Å². The van der Waals surface area contributed by atoms with Crippen LogP contribution in [0.4, 0.5) is 0 Å². The van der Waals surface area contributed by atoms with Gasteiger partial charge in [-0.15, -0.1) is 0 Å². The fourth-order valence-electron chi connectivity index (χ4n) is 3.32. The molecule has 1 aliphatic rings. The van der Waals surface area contributed by atoms with Crippen molar-refractivity contribution in [3.05, 3.63) is 106 Å². The van der Waals surface area contributed by atoms with E-state index in [0.29, 0.717) is 5.02 Å². The molecule has 4 rings (SSSR count). The summed E-state index contributed by atoms with van der Waals surface area (Å²) in [5.41, 5.74) is 5.29. The Hall–Kier alpha value is -2.75. The Morgan fingerprint density at radius 2 is 1.59 bits per heavy atom. The third kappa shape index (κ3) is 3.85. The number of halogens is 1. The number of para-hydroxylation sites is 1. The Balaban J connectivity index is 1.75. The van der Waals surface area contributed by atoms with Crippen molar-refractivity contribution in [3.8, 4) is 5.75 Å². The van der Waals surface area contributed by atoms with Crippen molar-refractivity contribution >= 4 is 17.3 Å². The summed E-state index contributed by atoms with van der Waals surface area (Å²) in [5, 5.41) is 18.2. The number of nitrogens with one attached hydrogen (secondary N) is 2. The molecule has 0 spiro atoms. The molecule has 0 fully saturated rings. The Morgan fingerprint density at radius 1 is 0.889 bits per heavy atom. The minimum absolute atomic E-state index is 0.104. The first-order chi connectivity index (χ1) is 13.1. The summed E-state index contributed by atoms with van der Waals surface area (Å²) in [4.78, 5) is 0. The lowest BCUT2D eigenvalue weighted by Gasteiger charge is -2.33. The van der Waals surface area contributed by atoms with Gasteiger partial charge in [0.1, 0.15) is 11.9 Å². The highest BCUT2D eigenvalue weighted by Crippen LogP contribution is 2.33. The van der Waals surface area contributed by atoms with Crippen LogP contribution in [0.1, 0.15) is 34.5 Å². The van der Waals surface area contributed by atoms with Gasteiger partial charge >= 0.3 is 0 Å². The van der Waals surface area contributed by atoms with E-state index in [2.05, 4.69) is 47.9 Å². The second-order valence-corrected chi connectivity index (χ2v) is 7.21. The molecule has 3 nitrogen and oxygen atoms in total. The smallest absolute Gasteiger partial charge is 0.120 e. The average Bonchev–Trinajstić information content (AvgIpc) is 2.69. The van der Waals surface area contributed by atoms with Crippen molar-refractivity contribution in [2.24, 2.45) is 0 Å². The molecule has 2 unspecified atom stereocenters. The van der Waals surface area contributed by atoms with Crippen molar-refractivity contribution in [1.29, 1.82) is 0 Å². The van der Waals surface area contributed by atoms with Gasteiger partial charge in [0.25, 0.3) is 0 Å². The lowest BCUT2D eigenvalue weighted by atomic mass is 9.97. The zero-order valence-corrected chi connectivity index (χ0v) is 15.7. The quantitative estimate of drug-likeness (QED) is 0.579. The molecule has 1 heterocycles. The lowest BCUT2D eigenvalue weighted by molar-refractivity contribution is 0.419. The zero-order chi connectivity index (χ0) is 18.8. The van der Waals surface area contributed by atoms with Gasteiger partial charge in [0.15, 0.2) is 0 Å². The third-order valence-electron chi connectivity index (χ3n) is 4.82. The number of rotatable bonds is 3. The molecule has 3 N–H and O–H groups in total. The topological polar surface area (TPSA) is 44.3 Å². The van der Waals surface area contributed by atoms with E-state index >= 15 is 0 Å². The first-order valence-electron chi connectivity index (χ1n) is 8.95. The van der Waals surface area contributed by atoms with Crippen LogP contribution in [-0.4, -0.2) is 5.11 Å². The van der Waals surface area contributed by atoms with Crippen LogP contribution in [-0.2, 0) is 0 Å². The largest absolute Gasteiger partial charge is 0.508 e. The van der Waals surface area contributed by atoms with E-state index in [1.165, 1.54) is 5.56 Å². The number of aromatic hydroxyl groups is 1. The van der Waals surface area contributed by atoms with Crippen LogP contribution in [0.3, 0.4) is 0 Å². The van der Waals surface area contributed by atoms with Crippen molar-refractivity contribution < 1.29 is 5.11 Å². The highest BCUT2D eigenvalue weighted by atomic mass is 35.5. The maximum absolute atomic E-state index is 10.3. The minimum atomic E-state index is -0.121. The lowest BCUT2D eigenvalue weighted by Crippen LogP contribution is -2.39. The van der Waals surface area contributed by atoms with Crippen LogP contribution < -0.4 is 10.6 Å². The maximum atomic E-state index is 10.3. The van der Waals surface area contributed by atoms with Crippen LogP contribution in [0.2, 0.25) is 5.02 Å². The molecular weight excluding hydrogens is 356 g/mol. The van der Waals surface area contributed by atoms with Crippen LogP contribution >= 0.6 is 11.6 Å². The predicted octanol–water partition coefficient (Wildman–Crippen LogP) is 5.33. The normalized spacial score (nSPS) is 19.3. The van der Waals surface area contributed by atoms with Crippen molar-refractivity contribution in [3.63, 3.8) is 0 Å². The van der Waals surface area contributed by atoms with Gasteiger partial charge in [-0.25, -0.2) is 0 Å². The summed E-state index contributed by atoms with van der Waals surface area (Å²) >= 11 is 6.05. The minimum Gasteiger partial charge on any atom is -0.508 e. The maximum Gasteiger partial charge on any atom is 0.120 e. The van der Waals surface area contributed by atoms with E-state index in [4.69, 9.17) is 11.6 Å². The van der Waals surface area contributed by atoms with Crippen LogP contribution in [0.5, 0.6) is 5.75 Å². The molecule has 0 saturated carbocycles. The summed E-state index contributed by atoms with van der Waals surface area (Å²) in [6, 6.07) is 23.5. The molecule has 1 aliphatic heterocycles. The van der Waals surface area contributed by atoms with Crippen LogP contribution in [0.15, 0.2) is 78.9 Å². The number of hydrogen-bond donors (Lipinski definition) is 3. The number of phenols is 1. The number of hydrogen-bond acceptors (Lipinski definition) is 3. The zero-order valence-electron chi connectivity index (χ0n) is 15.0. The molecule has 3 aromatic rings. The molecule has 0 aromatic heterocycles. The van der Waals surface area contributed by atoms with Gasteiger partial charge in [0, 0.05) is 16.3 Å². The van der Waals surface area contributed by atoms with E-state index in [9.17, 15) is 5.11 Å². The van der Waals surface area contributed by atoms with Gasteiger partial charge in [0.05, 0.1) is 6.04 Å². The summed E-state index contributed by atoms with van der Waals surface area (Å²) in [5.74, 6) is 0.284. The predicted molar refractivity (Wildman–Crippen MR) is 110 cm³/mol. The number of phenolic OH excluding ortho intramolecular Hbond substituents is 1. The van der Waals surface area contributed by atoms with E-state index in [1.54, 1.807) is 6.07 Å². The molecule has 4 heteroatoms. The molecule has 3 aromatic carbocycles. The number of aryl methyl sites for hydroxylation is 1. The highest BCUT2D eigenvalue weighted by molar-refractivity contribution is 6.30. The molecule has 0 aliphatic carbocycles. The van der Waals surface area contributed by atoms with E-state index in [1.807, 2.05) is 42.5 Å². The van der Waals surface area contributed by atoms with Gasteiger partial charge in [-0.2, -0.15) is 0 Å². The second-order valence-electron chi connectivity index (χ2n) is 6.78. The SMILES string of the molecule is Cc1ccc(C2=CC(c3ccccc3O)NC(c3ccc(Cl)cc3)N2)cc1. The molecule has 0 saturated heterocycles. The van der Waals surface area contributed by atoms with Crippen LogP contribution in [0.25, 0.3) is 5.70 Å². The standard InChI is InChI=1S/C23H21ClN2O/c1-15-6-8-16(9-7-15)20-14-21(19-4-2-3-5-22(19)27)26-23(25-20)17-10-12-18(24)13-11-17/h2-14,21,23,25-27H,1H3. The van der Waals surface area contributed by atoms with Gasteiger partial charge in [-0.05, 0) is 42.3 Å². The molecule has 136 valence electrons. The fourth-order valence-corrected chi connectivity index (χ4v) is 3.44. The Bertz CT molecular complexity index is 964.